The molecule has 1 N–H and O–H groups in total. The molecule has 0 bridgehead atoms. The van der Waals surface area contributed by atoms with Crippen LogP contribution in [0.5, 0.6) is 0 Å². The van der Waals surface area contributed by atoms with Crippen molar-refractivity contribution in [3.63, 3.8) is 0 Å². The molecule has 0 aliphatic carbocycles. The van der Waals surface area contributed by atoms with Gasteiger partial charge < -0.3 is 14.5 Å². The van der Waals surface area contributed by atoms with Crippen molar-refractivity contribution in [3.8, 4) is 11.5 Å². The van der Waals surface area contributed by atoms with Crippen LogP contribution in [0.2, 0.25) is 5.02 Å². The molecule has 0 fully saturated rings. The summed E-state index contributed by atoms with van der Waals surface area (Å²) in [4.78, 5) is 24.0. The van der Waals surface area contributed by atoms with Crippen LogP contribution in [-0.2, 0) is 4.74 Å². The lowest BCUT2D eigenvalue weighted by atomic mass is 10.2. The molecule has 126 valence electrons. The molecule has 3 rings (SSSR count). The van der Waals surface area contributed by atoms with Gasteiger partial charge in [0.2, 0.25) is 5.89 Å². The van der Waals surface area contributed by atoms with Gasteiger partial charge in [-0.05, 0) is 30.3 Å². The molecule has 0 spiro atoms. The molecule has 1 amide bonds. The summed E-state index contributed by atoms with van der Waals surface area (Å²) in [7, 11) is 1.26. The molecule has 0 saturated carbocycles. The molecule has 3 aromatic rings. The highest BCUT2D eigenvalue weighted by Crippen LogP contribution is 2.22. The molecule has 8 heteroatoms. The number of halogens is 1. The van der Waals surface area contributed by atoms with E-state index in [9.17, 15) is 9.59 Å². The molecule has 0 unspecified atom stereocenters. The minimum absolute atomic E-state index is 0.161. The van der Waals surface area contributed by atoms with Gasteiger partial charge in [-0.1, -0.05) is 29.8 Å². The number of aromatic nitrogens is 2. The lowest BCUT2D eigenvalue weighted by Crippen LogP contribution is -2.15. The maximum atomic E-state index is 12.3. The van der Waals surface area contributed by atoms with Crippen molar-refractivity contribution in [1.29, 1.82) is 0 Å². The molecule has 0 saturated heterocycles. The Kier molecular flexibility index (Phi) is 4.76. The summed E-state index contributed by atoms with van der Waals surface area (Å²) in [6.07, 6.45) is 0. The van der Waals surface area contributed by atoms with Gasteiger partial charge in [-0.2, -0.15) is 0 Å². The number of amides is 1. The van der Waals surface area contributed by atoms with Crippen molar-refractivity contribution in [2.24, 2.45) is 0 Å². The minimum Gasteiger partial charge on any atom is -0.465 e. The van der Waals surface area contributed by atoms with E-state index in [2.05, 4.69) is 20.3 Å². The van der Waals surface area contributed by atoms with Gasteiger partial charge in [-0.25, -0.2) is 4.79 Å². The number of hydrogen-bond acceptors (Lipinski definition) is 6. The van der Waals surface area contributed by atoms with Crippen molar-refractivity contribution in [1.82, 2.24) is 10.2 Å². The zero-order chi connectivity index (χ0) is 17.8. The lowest BCUT2D eigenvalue weighted by molar-refractivity contribution is 0.0602. The van der Waals surface area contributed by atoms with Crippen LogP contribution in [0.25, 0.3) is 11.5 Å². The Morgan fingerprint density at radius 2 is 1.92 bits per heavy atom. The SMILES string of the molecule is COC(=O)c1ccccc1NC(=O)c1nnc(-c2cccc(Cl)c2)o1. The fourth-order valence-electron chi connectivity index (χ4n) is 2.11. The number of nitrogens with one attached hydrogen (secondary N) is 1. The first-order valence-corrected chi connectivity index (χ1v) is 7.54. The normalized spacial score (nSPS) is 10.3. The fraction of sp³-hybridized carbons (Fsp3) is 0.0588. The van der Waals surface area contributed by atoms with E-state index < -0.39 is 11.9 Å². The first kappa shape index (κ1) is 16.7. The number of methoxy groups -OCH3 is 1. The number of carbonyl (C=O) groups excluding carboxylic acids is 2. The van der Waals surface area contributed by atoms with E-state index in [1.54, 1.807) is 42.5 Å². The average Bonchev–Trinajstić information content (AvgIpc) is 3.12. The van der Waals surface area contributed by atoms with Crippen molar-refractivity contribution >= 4 is 29.2 Å². The standard InChI is InChI=1S/C17H12ClN3O4/c1-24-17(23)12-7-2-3-8-13(12)19-14(22)16-21-20-15(25-16)10-5-4-6-11(18)9-10/h2-9H,1H3,(H,19,22). The third kappa shape index (κ3) is 3.67. The number of anilines is 1. The van der Waals surface area contributed by atoms with Crippen LogP contribution in [-0.4, -0.2) is 29.2 Å². The predicted octanol–water partition coefficient (Wildman–Crippen LogP) is 3.43. The Bertz CT molecular complexity index is 939. The molecule has 0 atom stereocenters. The maximum Gasteiger partial charge on any atom is 0.339 e. The fourth-order valence-corrected chi connectivity index (χ4v) is 2.30. The van der Waals surface area contributed by atoms with Gasteiger partial charge >= 0.3 is 17.8 Å². The molecule has 0 aliphatic rings. The highest BCUT2D eigenvalue weighted by Gasteiger charge is 2.19. The van der Waals surface area contributed by atoms with Crippen LogP contribution in [0.1, 0.15) is 21.0 Å². The number of benzene rings is 2. The van der Waals surface area contributed by atoms with Gasteiger partial charge in [0.05, 0.1) is 18.4 Å². The Morgan fingerprint density at radius 1 is 1.12 bits per heavy atom. The zero-order valence-corrected chi connectivity index (χ0v) is 13.8. The topological polar surface area (TPSA) is 94.3 Å². The molecule has 1 heterocycles. The number of rotatable bonds is 4. The minimum atomic E-state index is -0.642. The van der Waals surface area contributed by atoms with Gasteiger partial charge in [0, 0.05) is 10.6 Å². The van der Waals surface area contributed by atoms with Crippen molar-refractivity contribution < 1.29 is 18.7 Å². The molecule has 0 radical (unpaired) electrons. The molecular weight excluding hydrogens is 346 g/mol. The second-order valence-electron chi connectivity index (χ2n) is 4.91. The molecule has 1 aromatic heterocycles. The van der Waals surface area contributed by atoms with Gasteiger partial charge in [0.15, 0.2) is 0 Å². The van der Waals surface area contributed by atoms with Crippen LogP contribution >= 0.6 is 11.6 Å². The lowest BCUT2D eigenvalue weighted by Gasteiger charge is -2.07. The predicted molar refractivity (Wildman–Crippen MR) is 90.5 cm³/mol. The summed E-state index contributed by atoms with van der Waals surface area (Å²) >= 11 is 5.92. The highest BCUT2D eigenvalue weighted by atomic mass is 35.5. The third-order valence-corrected chi connectivity index (χ3v) is 3.51. The van der Waals surface area contributed by atoms with E-state index in [0.29, 0.717) is 10.6 Å². The van der Waals surface area contributed by atoms with E-state index in [0.717, 1.165) is 0 Å². The van der Waals surface area contributed by atoms with E-state index in [-0.39, 0.29) is 23.0 Å². The second kappa shape index (κ2) is 7.14. The monoisotopic (exact) mass is 357 g/mol. The first-order chi connectivity index (χ1) is 12.1. The van der Waals surface area contributed by atoms with Gasteiger partial charge in [0.25, 0.3) is 0 Å². The molecule has 0 aliphatic heterocycles. The molecule has 7 nitrogen and oxygen atoms in total. The molecular formula is C17H12ClN3O4. The largest absolute Gasteiger partial charge is 0.465 e. The first-order valence-electron chi connectivity index (χ1n) is 7.16. The summed E-state index contributed by atoms with van der Waals surface area (Å²) in [5.41, 5.74) is 1.09. The summed E-state index contributed by atoms with van der Waals surface area (Å²) in [6, 6.07) is 13.2. The van der Waals surface area contributed by atoms with Crippen LogP contribution in [0, 0.1) is 0 Å². The van der Waals surface area contributed by atoms with E-state index in [1.807, 2.05) is 0 Å². The van der Waals surface area contributed by atoms with E-state index >= 15 is 0 Å². The summed E-state index contributed by atoms with van der Waals surface area (Å²) < 4.78 is 10.1. The number of para-hydroxylation sites is 1. The maximum absolute atomic E-state index is 12.3. The van der Waals surface area contributed by atoms with Crippen LogP contribution in [0.4, 0.5) is 5.69 Å². The molecule has 25 heavy (non-hydrogen) atoms. The highest BCUT2D eigenvalue weighted by molar-refractivity contribution is 6.30. The number of carbonyl (C=O) groups is 2. The average molecular weight is 358 g/mol. The van der Waals surface area contributed by atoms with Gasteiger partial charge in [-0.15, -0.1) is 10.2 Å². The van der Waals surface area contributed by atoms with E-state index in [4.69, 9.17) is 16.0 Å². The van der Waals surface area contributed by atoms with Crippen molar-refractivity contribution in [2.75, 3.05) is 12.4 Å². The smallest absolute Gasteiger partial charge is 0.339 e. The van der Waals surface area contributed by atoms with Crippen molar-refractivity contribution in [3.05, 3.63) is 65.0 Å². The van der Waals surface area contributed by atoms with Gasteiger partial charge in [-0.3, -0.25) is 4.79 Å². The number of ether oxygens (including phenoxy) is 1. The number of hydrogen-bond donors (Lipinski definition) is 1. The molecule has 2 aromatic carbocycles. The number of nitrogens with zero attached hydrogens (tertiary/aromatic N) is 2. The zero-order valence-electron chi connectivity index (χ0n) is 13.0. The van der Waals surface area contributed by atoms with Crippen LogP contribution in [0.3, 0.4) is 0 Å². The van der Waals surface area contributed by atoms with Crippen molar-refractivity contribution in [2.45, 2.75) is 0 Å². The summed E-state index contributed by atoms with van der Waals surface area (Å²) in [6.45, 7) is 0. The quantitative estimate of drug-likeness (QED) is 0.719. The Labute approximate surface area is 147 Å². The van der Waals surface area contributed by atoms with E-state index in [1.165, 1.54) is 13.2 Å². The number of esters is 1. The summed E-state index contributed by atoms with van der Waals surface area (Å²) in [5.74, 6) is -1.29. The second-order valence-corrected chi connectivity index (χ2v) is 5.35. The Balaban J connectivity index is 1.83. The van der Waals surface area contributed by atoms with Gasteiger partial charge in [0.1, 0.15) is 0 Å². The Hall–Kier alpha value is -3.19. The van der Waals surface area contributed by atoms with Crippen LogP contribution < -0.4 is 5.32 Å². The third-order valence-electron chi connectivity index (χ3n) is 3.27. The Morgan fingerprint density at radius 3 is 2.68 bits per heavy atom. The van der Waals surface area contributed by atoms with Crippen LogP contribution in [0.15, 0.2) is 52.9 Å². The summed E-state index contributed by atoms with van der Waals surface area (Å²) in [5, 5.41) is 10.6.